The van der Waals surface area contributed by atoms with Gasteiger partial charge in [-0.2, -0.15) is 0 Å². The zero-order chi connectivity index (χ0) is 14.0. The average Bonchev–Trinajstić information content (AvgIpc) is 2.33. The van der Waals surface area contributed by atoms with Crippen molar-refractivity contribution in [3.8, 4) is 0 Å². The summed E-state index contributed by atoms with van der Waals surface area (Å²) in [7, 11) is 0. The van der Waals surface area contributed by atoms with E-state index in [1.807, 2.05) is 18.2 Å². The lowest BCUT2D eigenvalue weighted by molar-refractivity contribution is 0.626. The van der Waals surface area contributed by atoms with Gasteiger partial charge in [0.25, 0.3) is 0 Å². The van der Waals surface area contributed by atoms with Crippen LogP contribution in [0, 0.1) is 5.82 Å². The zero-order valence-corrected chi connectivity index (χ0v) is 13.6. The summed E-state index contributed by atoms with van der Waals surface area (Å²) in [6.07, 6.45) is 0. The van der Waals surface area contributed by atoms with E-state index in [9.17, 15) is 4.39 Å². The predicted molar refractivity (Wildman–Crippen MR) is 87.4 cm³/mol. The molecule has 19 heavy (non-hydrogen) atoms. The van der Waals surface area contributed by atoms with Crippen molar-refractivity contribution in [2.75, 3.05) is 5.32 Å². The van der Waals surface area contributed by atoms with Gasteiger partial charge in [0.1, 0.15) is 10.8 Å². The number of halogens is 3. The van der Waals surface area contributed by atoms with E-state index >= 15 is 0 Å². The summed E-state index contributed by atoms with van der Waals surface area (Å²) in [5.74, 6) is -0.441. The minimum Gasteiger partial charge on any atom is -0.389 e. The Morgan fingerprint density at radius 2 is 1.89 bits per heavy atom. The number of nitrogens with two attached hydrogens (primary N) is 1. The monoisotopic (exact) mass is 402 g/mol. The molecule has 2 nitrogen and oxygen atoms in total. The summed E-state index contributed by atoms with van der Waals surface area (Å²) in [6, 6.07) is 10.3. The van der Waals surface area contributed by atoms with Crippen LogP contribution in [0.2, 0.25) is 0 Å². The molecule has 0 saturated carbocycles. The molecular weight excluding hydrogens is 395 g/mol. The highest BCUT2D eigenvalue weighted by atomic mass is 79.9. The Hall–Kier alpha value is -0.980. The molecule has 0 bridgehead atoms. The molecule has 98 valence electrons. The molecule has 0 heterocycles. The molecule has 0 aromatic heterocycles. The number of rotatable bonds is 3. The molecule has 0 spiro atoms. The largest absolute Gasteiger partial charge is 0.389 e. The molecule has 2 aromatic rings. The summed E-state index contributed by atoms with van der Waals surface area (Å²) in [6.45, 7) is 0. The number of thiocarbonyl (C=S) groups is 1. The van der Waals surface area contributed by atoms with Gasteiger partial charge in [0.15, 0.2) is 0 Å². The first-order chi connectivity index (χ1) is 8.99. The summed E-state index contributed by atoms with van der Waals surface area (Å²) in [5, 5.41) is 3.12. The number of nitrogens with one attached hydrogen (secondary N) is 1. The van der Waals surface area contributed by atoms with E-state index in [1.165, 1.54) is 6.07 Å². The Balaban J connectivity index is 2.46. The highest BCUT2D eigenvalue weighted by Gasteiger charge is 2.12. The van der Waals surface area contributed by atoms with Crippen LogP contribution in [0.1, 0.15) is 5.56 Å². The molecule has 0 fully saturated rings. The van der Waals surface area contributed by atoms with Gasteiger partial charge in [0.2, 0.25) is 0 Å². The zero-order valence-electron chi connectivity index (χ0n) is 9.58. The Morgan fingerprint density at radius 1 is 1.16 bits per heavy atom. The molecule has 0 amide bonds. The fourth-order valence-electron chi connectivity index (χ4n) is 1.62. The lowest BCUT2D eigenvalue weighted by atomic mass is 10.1. The van der Waals surface area contributed by atoms with Gasteiger partial charge < -0.3 is 11.1 Å². The Kier molecular flexibility index (Phi) is 4.54. The van der Waals surface area contributed by atoms with Crippen LogP contribution in [0.5, 0.6) is 0 Å². The normalized spacial score (nSPS) is 10.3. The summed E-state index contributed by atoms with van der Waals surface area (Å²) in [5.41, 5.74) is 7.10. The lowest BCUT2D eigenvalue weighted by Gasteiger charge is -2.13. The molecule has 0 aliphatic rings. The lowest BCUT2D eigenvalue weighted by Crippen LogP contribution is -2.14. The van der Waals surface area contributed by atoms with Crippen LogP contribution in [0.3, 0.4) is 0 Å². The van der Waals surface area contributed by atoms with Crippen molar-refractivity contribution in [1.29, 1.82) is 0 Å². The quantitative estimate of drug-likeness (QED) is 0.727. The van der Waals surface area contributed by atoms with Gasteiger partial charge in [0, 0.05) is 8.95 Å². The van der Waals surface area contributed by atoms with Crippen LogP contribution in [-0.2, 0) is 0 Å². The van der Waals surface area contributed by atoms with Crippen molar-refractivity contribution in [1.82, 2.24) is 0 Å². The number of hydrogen-bond donors (Lipinski definition) is 2. The smallest absolute Gasteiger partial charge is 0.135 e. The summed E-state index contributed by atoms with van der Waals surface area (Å²) < 4.78 is 15.5. The first-order valence-electron chi connectivity index (χ1n) is 5.29. The highest BCUT2D eigenvalue weighted by Crippen LogP contribution is 2.30. The van der Waals surface area contributed by atoms with Crippen molar-refractivity contribution in [2.45, 2.75) is 0 Å². The molecule has 0 aliphatic carbocycles. The fraction of sp³-hybridized carbons (Fsp3) is 0. The Bertz CT molecular complexity index is 647. The van der Waals surface area contributed by atoms with E-state index in [2.05, 4.69) is 37.2 Å². The molecule has 2 rings (SSSR count). The van der Waals surface area contributed by atoms with Crippen LogP contribution in [-0.4, -0.2) is 4.99 Å². The molecule has 6 heteroatoms. The third-order valence-corrected chi connectivity index (χ3v) is 3.85. The third-order valence-electron chi connectivity index (χ3n) is 2.46. The highest BCUT2D eigenvalue weighted by molar-refractivity contribution is 9.11. The van der Waals surface area contributed by atoms with E-state index in [1.54, 1.807) is 12.1 Å². The molecule has 0 aliphatic heterocycles. The van der Waals surface area contributed by atoms with Crippen LogP contribution in [0.25, 0.3) is 0 Å². The minimum atomic E-state index is -0.441. The molecule has 0 saturated heterocycles. The SMILES string of the molecule is NC(=S)c1c(F)cccc1Nc1cc(Br)ccc1Br. The van der Waals surface area contributed by atoms with Gasteiger partial charge in [-0.05, 0) is 46.3 Å². The molecular formula is C13H9Br2FN2S. The van der Waals surface area contributed by atoms with Crippen molar-refractivity contribution in [3.63, 3.8) is 0 Å². The average molecular weight is 404 g/mol. The van der Waals surface area contributed by atoms with Gasteiger partial charge in [-0.3, -0.25) is 0 Å². The van der Waals surface area contributed by atoms with Crippen molar-refractivity contribution < 1.29 is 4.39 Å². The van der Waals surface area contributed by atoms with Gasteiger partial charge in [-0.25, -0.2) is 4.39 Å². The standard InChI is InChI=1S/C13H9Br2FN2S/c14-7-4-5-8(15)11(6-7)18-10-3-1-2-9(16)12(10)13(17)19/h1-6,18H,(H2,17,19). The Labute approximate surface area is 132 Å². The maximum atomic E-state index is 13.8. The topological polar surface area (TPSA) is 38.0 Å². The number of anilines is 2. The Morgan fingerprint density at radius 3 is 2.58 bits per heavy atom. The van der Waals surface area contributed by atoms with Crippen LogP contribution in [0.4, 0.5) is 15.8 Å². The fourth-order valence-corrected chi connectivity index (χ4v) is 2.53. The number of benzene rings is 2. The first kappa shape index (κ1) is 14.4. The van der Waals surface area contributed by atoms with E-state index in [4.69, 9.17) is 18.0 Å². The minimum absolute atomic E-state index is 0.0201. The number of hydrogen-bond acceptors (Lipinski definition) is 2. The second-order valence-corrected chi connectivity index (χ2v) is 5.99. The van der Waals surface area contributed by atoms with E-state index < -0.39 is 5.82 Å². The predicted octanol–water partition coefficient (Wildman–Crippen LogP) is 4.73. The maximum absolute atomic E-state index is 13.8. The van der Waals surface area contributed by atoms with Gasteiger partial charge >= 0.3 is 0 Å². The van der Waals surface area contributed by atoms with E-state index in [0.717, 1.165) is 14.6 Å². The second-order valence-electron chi connectivity index (χ2n) is 3.78. The molecule has 0 unspecified atom stereocenters. The molecule has 0 atom stereocenters. The van der Waals surface area contributed by atoms with Crippen LogP contribution < -0.4 is 11.1 Å². The molecule has 2 aromatic carbocycles. The van der Waals surface area contributed by atoms with E-state index in [0.29, 0.717) is 5.69 Å². The van der Waals surface area contributed by atoms with Crippen molar-refractivity contribution in [2.24, 2.45) is 5.73 Å². The maximum Gasteiger partial charge on any atom is 0.135 e. The van der Waals surface area contributed by atoms with Crippen molar-refractivity contribution in [3.05, 3.63) is 56.7 Å². The molecule has 3 N–H and O–H groups in total. The second kappa shape index (κ2) is 5.98. The summed E-state index contributed by atoms with van der Waals surface area (Å²) >= 11 is 11.7. The van der Waals surface area contributed by atoms with E-state index in [-0.39, 0.29) is 10.6 Å². The third kappa shape index (κ3) is 3.32. The van der Waals surface area contributed by atoms with Gasteiger partial charge in [0.05, 0.1) is 16.9 Å². The first-order valence-corrected chi connectivity index (χ1v) is 7.29. The van der Waals surface area contributed by atoms with Crippen LogP contribution >= 0.6 is 44.1 Å². The van der Waals surface area contributed by atoms with Crippen LogP contribution in [0.15, 0.2) is 45.3 Å². The van der Waals surface area contributed by atoms with Gasteiger partial charge in [-0.1, -0.05) is 34.2 Å². The molecule has 0 radical (unpaired) electrons. The summed E-state index contributed by atoms with van der Waals surface area (Å²) in [4.78, 5) is 0.0201. The van der Waals surface area contributed by atoms with Gasteiger partial charge in [-0.15, -0.1) is 0 Å². The van der Waals surface area contributed by atoms with Crippen molar-refractivity contribution >= 4 is 60.4 Å².